The summed E-state index contributed by atoms with van der Waals surface area (Å²) < 4.78 is 47.7. The minimum atomic E-state index is -2.94. The van der Waals surface area contributed by atoms with Crippen molar-refractivity contribution in [2.75, 3.05) is 0 Å². The Morgan fingerprint density at radius 3 is 2.27 bits per heavy atom. The number of hydrogen-bond donors (Lipinski definition) is 0. The van der Waals surface area contributed by atoms with Gasteiger partial charge in [-0.3, -0.25) is 0 Å². The van der Waals surface area contributed by atoms with Crippen LogP contribution in [0, 0.1) is 11.8 Å². The van der Waals surface area contributed by atoms with Crippen LogP contribution < -0.4 is 0 Å². The van der Waals surface area contributed by atoms with Crippen LogP contribution in [0.5, 0.6) is 0 Å². The van der Waals surface area contributed by atoms with Gasteiger partial charge in [0.2, 0.25) is 5.95 Å². The van der Waals surface area contributed by atoms with E-state index in [-0.39, 0.29) is 0 Å². The van der Waals surface area contributed by atoms with Crippen LogP contribution in [-0.2, 0) is 0 Å². The molecule has 60 valence electrons. The molecule has 0 saturated carbocycles. The van der Waals surface area contributed by atoms with Crippen molar-refractivity contribution in [3.8, 4) is 0 Å². The lowest BCUT2D eigenvalue weighted by molar-refractivity contribution is 0.144. The molecule has 0 radical (unpaired) electrons. The highest BCUT2D eigenvalue weighted by molar-refractivity contribution is 5.07. The van der Waals surface area contributed by atoms with Crippen LogP contribution in [0.3, 0.4) is 0 Å². The van der Waals surface area contributed by atoms with E-state index in [2.05, 4.69) is 4.98 Å². The number of halogens is 4. The highest BCUT2D eigenvalue weighted by atomic mass is 19.3. The third-order valence-corrected chi connectivity index (χ3v) is 1.00. The maximum absolute atomic E-state index is 12.2. The second kappa shape index (κ2) is 2.86. The van der Waals surface area contributed by atoms with Crippen LogP contribution in [0.2, 0.25) is 0 Å². The summed E-state index contributed by atoms with van der Waals surface area (Å²) in [5.41, 5.74) is -0.887. The molecular formula is C6H3F4N. The molecule has 11 heavy (non-hydrogen) atoms. The Morgan fingerprint density at radius 2 is 1.82 bits per heavy atom. The van der Waals surface area contributed by atoms with Gasteiger partial charge in [-0.1, -0.05) is 0 Å². The number of alkyl halides is 2. The van der Waals surface area contributed by atoms with Gasteiger partial charge in [-0.05, 0) is 0 Å². The Labute approximate surface area is 59.7 Å². The lowest BCUT2D eigenvalue weighted by Crippen LogP contribution is -1.94. The van der Waals surface area contributed by atoms with Crippen molar-refractivity contribution in [3.05, 3.63) is 29.6 Å². The second-order valence-electron chi connectivity index (χ2n) is 1.83. The van der Waals surface area contributed by atoms with Gasteiger partial charge in [0, 0.05) is 12.1 Å². The van der Waals surface area contributed by atoms with Gasteiger partial charge in [-0.2, -0.15) is 4.39 Å². The van der Waals surface area contributed by atoms with Gasteiger partial charge in [0.15, 0.2) is 0 Å². The second-order valence-corrected chi connectivity index (χ2v) is 1.83. The molecule has 1 heterocycles. The van der Waals surface area contributed by atoms with E-state index in [9.17, 15) is 17.6 Å². The standard InChI is InChI=1S/C6H3F4N/c7-3-1-4(6(9)10)11-5(8)2-3/h1-2,6H. The topological polar surface area (TPSA) is 12.9 Å². The first kappa shape index (κ1) is 7.97. The van der Waals surface area contributed by atoms with Gasteiger partial charge in [-0.15, -0.1) is 0 Å². The maximum atomic E-state index is 12.2. The molecule has 1 rings (SSSR count). The van der Waals surface area contributed by atoms with E-state index in [1.165, 1.54) is 0 Å². The quantitative estimate of drug-likeness (QED) is 0.459. The molecule has 0 aliphatic heterocycles. The Morgan fingerprint density at radius 1 is 1.18 bits per heavy atom. The summed E-state index contributed by atoms with van der Waals surface area (Å²) in [7, 11) is 0. The Bertz CT molecular complexity index is 241. The first-order valence-electron chi connectivity index (χ1n) is 2.70. The molecule has 0 atom stereocenters. The number of hydrogen-bond acceptors (Lipinski definition) is 1. The molecule has 0 fully saturated rings. The monoisotopic (exact) mass is 165 g/mol. The molecule has 0 unspecified atom stereocenters. The van der Waals surface area contributed by atoms with Crippen LogP contribution in [0.25, 0.3) is 0 Å². The van der Waals surface area contributed by atoms with Gasteiger partial charge in [0.05, 0.1) is 0 Å². The average Bonchev–Trinajstić information content (AvgIpc) is 1.85. The lowest BCUT2D eigenvalue weighted by atomic mass is 10.3. The summed E-state index contributed by atoms with van der Waals surface area (Å²) in [6.07, 6.45) is -2.94. The molecule has 1 aromatic heterocycles. The number of aromatic nitrogens is 1. The van der Waals surface area contributed by atoms with Crippen LogP contribution >= 0.6 is 0 Å². The predicted octanol–water partition coefficient (Wildman–Crippen LogP) is 2.30. The minimum Gasteiger partial charge on any atom is -0.219 e. The van der Waals surface area contributed by atoms with E-state index in [0.29, 0.717) is 12.1 Å². The first-order valence-corrected chi connectivity index (χ1v) is 2.70. The molecule has 0 aliphatic rings. The van der Waals surface area contributed by atoms with Crippen molar-refractivity contribution in [1.29, 1.82) is 0 Å². The van der Waals surface area contributed by atoms with Gasteiger partial charge in [0.25, 0.3) is 6.43 Å². The number of pyridine rings is 1. The molecule has 1 nitrogen and oxygen atoms in total. The summed E-state index contributed by atoms with van der Waals surface area (Å²) in [5, 5.41) is 0. The van der Waals surface area contributed by atoms with Crippen LogP contribution in [0.4, 0.5) is 17.6 Å². The largest absolute Gasteiger partial charge is 0.280 e. The zero-order chi connectivity index (χ0) is 8.43. The summed E-state index contributed by atoms with van der Waals surface area (Å²) in [6.45, 7) is 0. The van der Waals surface area contributed by atoms with E-state index < -0.39 is 23.9 Å². The SMILES string of the molecule is Fc1cc(F)nc(C(F)F)c1. The zero-order valence-electron chi connectivity index (χ0n) is 5.19. The van der Waals surface area contributed by atoms with Crippen LogP contribution in [0.15, 0.2) is 12.1 Å². The lowest BCUT2D eigenvalue weighted by Gasteiger charge is -1.97. The van der Waals surface area contributed by atoms with E-state index in [0.717, 1.165) is 0 Å². The van der Waals surface area contributed by atoms with Crippen molar-refractivity contribution in [2.24, 2.45) is 0 Å². The summed E-state index contributed by atoms with van der Waals surface area (Å²) in [5.74, 6) is -2.28. The molecule has 0 spiro atoms. The highest BCUT2D eigenvalue weighted by Gasteiger charge is 2.11. The average molecular weight is 165 g/mol. The minimum absolute atomic E-state index is 0.436. The van der Waals surface area contributed by atoms with E-state index in [1.807, 2.05) is 0 Å². The Kier molecular flexibility index (Phi) is 2.07. The first-order chi connectivity index (χ1) is 5.09. The van der Waals surface area contributed by atoms with Crippen molar-refractivity contribution in [3.63, 3.8) is 0 Å². The van der Waals surface area contributed by atoms with Crippen LogP contribution in [0.1, 0.15) is 12.1 Å². The maximum Gasteiger partial charge on any atom is 0.280 e. The fraction of sp³-hybridized carbons (Fsp3) is 0.167. The van der Waals surface area contributed by atoms with E-state index in [1.54, 1.807) is 0 Å². The Hall–Kier alpha value is -1.13. The molecule has 0 aromatic carbocycles. The fourth-order valence-electron chi connectivity index (χ4n) is 0.596. The van der Waals surface area contributed by atoms with E-state index in [4.69, 9.17) is 0 Å². The smallest absolute Gasteiger partial charge is 0.219 e. The van der Waals surface area contributed by atoms with E-state index >= 15 is 0 Å². The molecular weight excluding hydrogens is 162 g/mol. The van der Waals surface area contributed by atoms with Crippen molar-refractivity contribution in [2.45, 2.75) is 6.43 Å². The Balaban J connectivity index is 3.08. The highest BCUT2D eigenvalue weighted by Crippen LogP contribution is 2.17. The summed E-state index contributed by atoms with van der Waals surface area (Å²) in [6, 6.07) is 0.930. The molecule has 0 amide bonds. The van der Waals surface area contributed by atoms with Gasteiger partial charge in [0.1, 0.15) is 11.5 Å². The molecule has 0 aliphatic carbocycles. The van der Waals surface area contributed by atoms with Crippen molar-refractivity contribution < 1.29 is 17.6 Å². The summed E-state index contributed by atoms with van der Waals surface area (Å²) in [4.78, 5) is 2.78. The fourth-order valence-corrected chi connectivity index (χ4v) is 0.596. The zero-order valence-corrected chi connectivity index (χ0v) is 5.19. The van der Waals surface area contributed by atoms with Gasteiger partial charge < -0.3 is 0 Å². The molecule has 0 saturated heterocycles. The molecule has 0 N–H and O–H groups in total. The molecule has 1 aromatic rings. The van der Waals surface area contributed by atoms with Crippen molar-refractivity contribution in [1.82, 2.24) is 4.98 Å². The molecule has 5 heteroatoms. The third-order valence-electron chi connectivity index (χ3n) is 1.00. The summed E-state index contributed by atoms with van der Waals surface area (Å²) >= 11 is 0. The van der Waals surface area contributed by atoms with Crippen LogP contribution in [-0.4, -0.2) is 4.98 Å². The third kappa shape index (κ3) is 1.89. The number of rotatable bonds is 1. The molecule has 0 bridgehead atoms. The normalized spacial score (nSPS) is 10.6. The predicted molar refractivity (Wildman–Crippen MR) is 29.1 cm³/mol. The number of nitrogens with zero attached hydrogens (tertiary/aromatic N) is 1. The van der Waals surface area contributed by atoms with Gasteiger partial charge >= 0.3 is 0 Å². The van der Waals surface area contributed by atoms with Crippen molar-refractivity contribution >= 4 is 0 Å². The van der Waals surface area contributed by atoms with Gasteiger partial charge in [-0.25, -0.2) is 18.2 Å².